The topological polar surface area (TPSA) is 55.6 Å². The van der Waals surface area contributed by atoms with Crippen LogP contribution in [0.2, 0.25) is 0 Å². The highest BCUT2D eigenvalue weighted by atomic mass is 19.1. The molecule has 0 spiro atoms. The number of nitrogens with zero attached hydrogens (tertiary/aromatic N) is 1. The molecule has 0 saturated heterocycles. The molecule has 0 aliphatic carbocycles. The van der Waals surface area contributed by atoms with Crippen molar-refractivity contribution in [2.24, 2.45) is 5.73 Å². The fraction of sp³-hybridized carbons (Fsp3) is 0.462. The predicted molar refractivity (Wildman–Crippen MR) is 67.3 cm³/mol. The van der Waals surface area contributed by atoms with Gasteiger partial charge in [0, 0.05) is 38.9 Å². The highest BCUT2D eigenvalue weighted by molar-refractivity contribution is 5.76. The molecule has 1 unspecified atom stereocenters. The van der Waals surface area contributed by atoms with Crippen LogP contribution in [0.5, 0.6) is 0 Å². The van der Waals surface area contributed by atoms with Crippen LogP contribution in [0.1, 0.15) is 12.0 Å². The number of amides is 1. The van der Waals surface area contributed by atoms with Crippen LogP contribution in [0, 0.1) is 11.6 Å². The molecule has 106 valence electrons. The van der Waals surface area contributed by atoms with Crippen LogP contribution < -0.4 is 5.73 Å². The number of hydrogen-bond acceptors (Lipinski definition) is 3. The lowest BCUT2D eigenvalue weighted by Crippen LogP contribution is -2.33. The van der Waals surface area contributed by atoms with Gasteiger partial charge in [0.25, 0.3) is 0 Å². The van der Waals surface area contributed by atoms with Crippen LogP contribution in [0.3, 0.4) is 0 Å². The minimum atomic E-state index is -0.665. The normalized spacial score (nSPS) is 12.3. The molecule has 6 heteroatoms. The molecule has 1 atom stereocenters. The summed E-state index contributed by atoms with van der Waals surface area (Å²) < 4.78 is 31.2. The minimum Gasteiger partial charge on any atom is -0.380 e. The first kappa shape index (κ1) is 15.5. The summed E-state index contributed by atoms with van der Waals surface area (Å²) in [7, 11) is 3.03. The first-order valence-corrected chi connectivity index (χ1v) is 5.88. The van der Waals surface area contributed by atoms with Gasteiger partial charge < -0.3 is 15.4 Å². The number of carbonyl (C=O) groups excluding carboxylic acids is 1. The molecule has 1 rings (SSSR count). The molecule has 0 heterocycles. The Hall–Kier alpha value is -1.53. The Morgan fingerprint density at radius 2 is 2.16 bits per heavy atom. The van der Waals surface area contributed by atoms with Gasteiger partial charge in [-0.3, -0.25) is 4.79 Å². The van der Waals surface area contributed by atoms with Gasteiger partial charge in [-0.2, -0.15) is 0 Å². The maximum Gasteiger partial charge on any atom is 0.225 e. The van der Waals surface area contributed by atoms with E-state index in [-0.39, 0.29) is 37.1 Å². The summed E-state index contributed by atoms with van der Waals surface area (Å²) in [6, 6.07) is 3.28. The monoisotopic (exact) mass is 272 g/mol. The van der Waals surface area contributed by atoms with E-state index in [1.807, 2.05) is 0 Å². The van der Waals surface area contributed by atoms with Crippen molar-refractivity contribution in [2.45, 2.75) is 19.1 Å². The predicted octanol–water partition coefficient (Wildman–Crippen LogP) is 1.29. The molecular formula is C13H18F2N2O2. The molecular weight excluding hydrogens is 254 g/mol. The lowest BCUT2D eigenvalue weighted by Gasteiger charge is -2.20. The van der Waals surface area contributed by atoms with Crippen molar-refractivity contribution >= 4 is 5.91 Å². The van der Waals surface area contributed by atoms with E-state index in [9.17, 15) is 13.6 Å². The lowest BCUT2D eigenvalue weighted by molar-refractivity contribution is -0.132. The third-order valence-electron chi connectivity index (χ3n) is 2.85. The number of rotatable bonds is 6. The van der Waals surface area contributed by atoms with Crippen molar-refractivity contribution in [3.63, 3.8) is 0 Å². The van der Waals surface area contributed by atoms with Crippen molar-refractivity contribution in [3.8, 4) is 0 Å². The van der Waals surface area contributed by atoms with Gasteiger partial charge in [-0.15, -0.1) is 0 Å². The highest BCUT2D eigenvalue weighted by Crippen LogP contribution is 2.12. The molecule has 0 bridgehead atoms. The van der Waals surface area contributed by atoms with E-state index in [1.54, 1.807) is 7.05 Å². The summed E-state index contributed by atoms with van der Waals surface area (Å²) in [5, 5.41) is 0. The molecule has 0 saturated carbocycles. The Morgan fingerprint density at radius 3 is 2.68 bits per heavy atom. The van der Waals surface area contributed by atoms with Crippen LogP contribution in [-0.4, -0.2) is 37.6 Å². The van der Waals surface area contributed by atoms with Gasteiger partial charge in [-0.05, 0) is 6.07 Å². The summed E-state index contributed by atoms with van der Waals surface area (Å²) in [6.07, 6.45) is -0.222. The Bertz CT molecular complexity index is 437. The lowest BCUT2D eigenvalue weighted by atomic mass is 10.1. The molecule has 0 radical (unpaired) electrons. The molecule has 2 N–H and O–H groups in total. The van der Waals surface area contributed by atoms with Gasteiger partial charge in [0.15, 0.2) is 0 Å². The third kappa shape index (κ3) is 4.57. The van der Waals surface area contributed by atoms with Gasteiger partial charge >= 0.3 is 0 Å². The fourth-order valence-electron chi connectivity index (χ4n) is 1.61. The molecule has 1 aromatic carbocycles. The number of hydrogen-bond donors (Lipinski definition) is 1. The second-order valence-corrected chi connectivity index (χ2v) is 4.28. The number of halogens is 2. The Morgan fingerprint density at radius 1 is 1.47 bits per heavy atom. The van der Waals surface area contributed by atoms with Crippen LogP contribution in [0.15, 0.2) is 18.2 Å². The van der Waals surface area contributed by atoms with E-state index in [0.29, 0.717) is 0 Å². The molecule has 19 heavy (non-hydrogen) atoms. The van der Waals surface area contributed by atoms with Crippen molar-refractivity contribution in [1.29, 1.82) is 0 Å². The van der Waals surface area contributed by atoms with E-state index < -0.39 is 11.6 Å². The molecule has 1 amide bonds. The molecule has 0 aromatic heterocycles. The summed E-state index contributed by atoms with van der Waals surface area (Å²) in [6.45, 7) is 0.312. The summed E-state index contributed by atoms with van der Waals surface area (Å²) in [4.78, 5) is 13.2. The second-order valence-electron chi connectivity index (χ2n) is 4.28. The first-order chi connectivity index (χ1) is 8.97. The van der Waals surface area contributed by atoms with E-state index in [2.05, 4.69) is 0 Å². The summed E-state index contributed by atoms with van der Waals surface area (Å²) >= 11 is 0. The molecule has 4 nitrogen and oxygen atoms in total. The third-order valence-corrected chi connectivity index (χ3v) is 2.85. The molecule has 1 aromatic rings. The van der Waals surface area contributed by atoms with E-state index in [0.717, 1.165) is 12.1 Å². The number of nitrogens with two attached hydrogens (primary N) is 1. The standard InChI is InChI=1S/C13H18F2N2O2/c1-17(13(18)6-11(7-16)19-2)8-9-3-4-10(14)5-12(9)15/h3-5,11H,6-8,16H2,1-2H3. The van der Waals surface area contributed by atoms with Crippen LogP contribution in [0.4, 0.5) is 8.78 Å². The van der Waals surface area contributed by atoms with Gasteiger partial charge in [0.1, 0.15) is 11.6 Å². The zero-order chi connectivity index (χ0) is 14.4. The summed E-state index contributed by atoms with van der Waals surface area (Å²) in [5.41, 5.74) is 5.69. The van der Waals surface area contributed by atoms with E-state index in [4.69, 9.17) is 10.5 Å². The van der Waals surface area contributed by atoms with Gasteiger partial charge in [0.2, 0.25) is 5.91 Å². The number of ether oxygens (including phenoxy) is 1. The van der Waals surface area contributed by atoms with Crippen LogP contribution in [-0.2, 0) is 16.1 Å². The number of carbonyl (C=O) groups is 1. The number of methoxy groups -OCH3 is 1. The molecule has 0 aliphatic rings. The zero-order valence-electron chi connectivity index (χ0n) is 11.0. The van der Waals surface area contributed by atoms with Crippen molar-refractivity contribution in [3.05, 3.63) is 35.4 Å². The van der Waals surface area contributed by atoms with Crippen molar-refractivity contribution in [2.75, 3.05) is 20.7 Å². The average Bonchev–Trinajstić information content (AvgIpc) is 2.38. The zero-order valence-corrected chi connectivity index (χ0v) is 11.0. The van der Waals surface area contributed by atoms with Gasteiger partial charge in [-0.25, -0.2) is 8.78 Å². The van der Waals surface area contributed by atoms with Crippen LogP contribution in [0.25, 0.3) is 0 Å². The quantitative estimate of drug-likeness (QED) is 0.849. The van der Waals surface area contributed by atoms with Gasteiger partial charge in [-0.1, -0.05) is 6.07 Å². The SMILES string of the molecule is COC(CN)CC(=O)N(C)Cc1ccc(F)cc1F. The van der Waals surface area contributed by atoms with Crippen molar-refractivity contribution in [1.82, 2.24) is 4.90 Å². The van der Waals surface area contributed by atoms with Crippen molar-refractivity contribution < 1.29 is 18.3 Å². The Balaban J connectivity index is 2.63. The largest absolute Gasteiger partial charge is 0.380 e. The maximum absolute atomic E-state index is 13.4. The number of benzene rings is 1. The average molecular weight is 272 g/mol. The van der Waals surface area contributed by atoms with Gasteiger partial charge in [0.05, 0.1) is 12.5 Å². The Kier molecular flexibility index (Phi) is 5.85. The minimum absolute atomic E-state index is 0.0753. The highest BCUT2D eigenvalue weighted by Gasteiger charge is 2.16. The molecule has 0 fully saturated rings. The molecule has 0 aliphatic heterocycles. The second kappa shape index (κ2) is 7.16. The maximum atomic E-state index is 13.4. The fourth-order valence-corrected chi connectivity index (χ4v) is 1.61. The van der Waals surface area contributed by atoms with E-state index in [1.165, 1.54) is 18.1 Å². The smallest absolute Gasteiger partial charge is 0.225 e. The van der Waals surface area contributed by atoms with Crippen LogP contribution >= 0.6 is 0 Å². The van der Waals surface area contributed by atoms with E-state index >= 15 is 0 Å². The summed E-state index contributed by atoms with van der Waals surface area (Å²) in [5.74, 6) is -1.51. The first-order valence-electron chi connectivity index (χ1n) is 5.88. The Labute approximate surface area is 111 Å².